The van der Waals surface area contributed by atoms with E-state index in [9.17, 15) is 31.1 Å². The van der Waals surface area contributed by atoms with E-state index in [2.05, 4.69) is 0 Å². The van der Waals surface area contributed by atoms with Crippen LogP contribution in [-0.4, -0.2) is 29.9 Å². The van der Waals surface area contributed by atoms with Gasteiger partial charge < -0.3 is 9.47 Å². The zero-order chi connectivity index (χ0) is 22.6. The van der Waals surface area contributed by atoms with Crippen molar-refractivity contribution in [1.29, 1.82) is 0 Å². The lowest BCUT2D eigenvalue weighted by molar-refractivity contribution is -0.172. The standard InChI is InChI=1S/C21H17F6N3O/c1-12-9-30(18-6-5-14(7-17(12)18)20(22,23)24)16-4-2-3-15(8-16)29-10-13(11-29)19(31)28-21(25,26)27/h2-9,13H,10-11H2,1H3,(H,28,31). The second-order valence-electron chi connectivity index (χ2n) is 7.52. The highest BCUT2D eigenvalue weighted by atomic mass is 19.4. The molecule has 10 heteroatoms. The number of hydrogen-bond acceptors (Lipinski definition) is 2. The second-order valence-corrected chi connectivity index (χ2v) is 7.52. The molecule has 0 saturated carbocycles. The van der Waals surface area contributed by atoms with Crippen LogP contribution in [0.15, 0.2) is 48.7 Å². The first-order chi connectivity index (χ1) is 14.4. The van der Waals surface area contributed by atoms with Crippen LogP contribution in [0.1, 0.15) is 11.1 Å². The summed E-state index contributed by atoms with van der Waals surface area (Å²) in [6.45, 7) is 2.01. The molecule has 2 heterocycles. The average Bonchev–Trinajstić information content (AvgIpc) is 2.95. The number of benzene rings is 2. The van der Waals surface area contributed by atoms with E-state index in [1.807, 2.05) is 0 Å². The van der Waals surface area contributed by atoms with Crippen LogP contribution in [0.5, 0.6) is 0 Å². The molecule has 0 bridgehead atoms. The Morgan fingerprint density at radius 2 is 1.68 bits per heavy atom. The Morgan fingerprint density at radius 3 is 2.32 bits per heavy atom. The third kappa shape index (κ3) is 4.19. The number of rotatable bonds is 3. The van der Waals surface area contributed by atoms with Gasteiger partial charge in [-0.2, -0.15) is 26.3 Å². The zero-order valence-corrected chi connectivity index (χ0v) is 16.2. The van der Waals surface area contributed by atoms with Gasteiger partial charge in [0.15, 0.2) is 0 Å². The average molecular weight is 441 g/mol. The number of carbonyl (C=O) groups excluding carboxylic acids is 1. The number of alkyl halides is 6. The van der Waals surface area contributed by atoms with Crippen LogP contribution in [-0.2, 0) is 11.0 Å². The third-order valence-corrected chi connectivity index (χ3v) is 5.32. The van der Waals surface area contributed by atoms with Gasteiger partial charge in [0.25, 0.3) is 0 Å². The fourth-order valence-electron chi connectivity index (χ4n) is 3.72. The van der Waals surface area contributed by atoms with Gasteiger partial charge >= 0.3 is 12.5 Å². The first-order valence-electron chi connectivity index (χ1n) is 9.35. The van der Waals surface area contributed by atoms with Crippen LogP contribution in [0.2, 0.25) is 0 Å². The van der Waals surface area contributed by atoms with Gasteiger partial charge in [-0.15, -0.1) is 0 Å². The summed E-state index contributed by atoms with van der Waals surface area (Å²) < 4.78 is 77.8. The molecule has 1 amide bonds. The maximum absolute atomic E-state index is 13.0. The van der Waals surface area contributed by atoms with Crippen LogP contribution in [0.3, 0.4) is 0 Å². The predicted octanol–water partition coefficient (Wildman–Crippen LogP) is 5.03. The number of amides is 1. The molecule has 31 heavy (non-hydrogen) atoms. The Hall–Kier alpha value is -3.17. The molecular weight excluding hydrogens is 424 g/mol. The molecule has 4 rings (SSSR count). The number of anilines is 1. The lowest BCUT2D eigenvalue weighted by Crippen LogP contribution is -2.56. The summed E-state index contributed by atoms with van der Waals surface area (Å²) >= 11 is 0. The molecule has 1 aliphatic heterocycles. The number of carbonyl (C=O) groups is 1. The van der Waals surface area contributed by atoms with Crippen LogP contribution in [0.25, 0.3) is 16.6 Å². The SMILES string of the molecule is Cc1cn(-c2cccc(N3CC(C(=O)NC(F)(F)F)C3)c2)c2ccc(C(F)(F)F)cc12. The Bertz CT molecular complexity index is 1140. The van der Waals surface area contributed by atoms with Crippen LogP contribution < -0.4 is 10.2 Å². The summed E-state index contributed by atoms with van der Waals surface area (Å²) in [4.78, 5) is 13.4. The molecule has 164 valence electrons. The molecule has 1 aliphatic rings. The normalized spacial score (nSPS) is 15.3. The van der Waals surface area contributed by atoms with Crippen molar-refractivity contribution >= 4 is 22.5 Å². The largest absolute Gasteiger partial charge is 0.484 e. The number of hydrogen-bond donors (Lipinski definition) is 1. The van der Waals surface area contributed by atoms with Crippen molar-refractivity contribution in [1.82, 2.24) is 9.88 Å². The Balaban J connectivity index is 1.57. The molecule has 0 spiro atoms. The third-order valence-electron chi connectivity index (χ3n) is 5.32. The highest BCUT2D eigenvalue weighted by Gasteiger charge is 2.39. The van der Waals surface area contributed by atoms with Crippen molar-refractivity contribution in [3.05, 3.63) is 59.8 Å². The molecule has 0 aliphatic carbocycles. The molecule has 3 aromatic rings. The number of aromatic nitrogens is 1. The molecule has 4 nitrogen and oxygen atoms in total. The van der Waals surface area contributed by atoms with Crippen molar-refractivity contribution < 1.29 is 31.1 Å². The van der Waals surface area contributed by atoms with Crippen molar-refractivity contribution in [3.63, 3.8) is 0 Å². The summed E-state index contributed by atoms with van der Waals surface area (Å²) in [5.74, 6) is -1.83. The number of halogens is 6. The lowest BCUT2D eigenvalue weighted by atomic mass is 9.98. The van der Waals surface area contributed by atoms with Gasteiger partial charge in [0, 0.05) is 36.0 Å². The summed E-state index contributed by atoms with van der Waals surface area (Å²) in [7, 11) is 0. The topological polar surface area (TPSA) is 37.3 Å². The van der Waals surface area contributed by atoms with Gasteiger partial charge in [-0.05, 0) is 48.9 Å². The minimum atomic E-state index is -4.75. The fourth-order valence-corrected chi connectivity index (χ4v) is 3.72. The smallest absolute Gasteiger partial charge is 0.370 e. The lowest BCUT2D eigenvalue weighted by Gasteiger charge is -2.40. The van der Waals surface area contributed by atoms with E-state index in [-0.39, 0.29) is 13.1 Å². The van der Waals surface area contributed by atoms with Gasteiger partial charge in [0.05, 0.1) is 17.0 Å². The maximum atomic E-state index is 13.0. The van der Waals surface area contributed by atoms with E-state index in [1.165, 1.54) is 6.07 Å². The van der Waals surface area contributed by atoms with E-state index in [4.69, 9.17) is 0 Å². The molecule has 1 N–H and O–H groups in total. The van der Waals surface area contributed by atoms with Gasteiger partial charge in [-0.1, -0.05) is 6.07 Å². The number of nitrogens with zero attached hydrogens (tertiary/aromatic N) is 2. The first kappa shape index (κ1) is 21.1. The quantitative estimate of drug-likeness (QED) is 0.457. The molecule has 1 aromatic heterocycles. The van der Waals surface area contributed by atoms with Crippen LogP contribution >= 0.6 is 0 Å². The number of nitrogens with one attached hydrogen (secondary N) is 1. The molecule has 0 radical (unpaired) electrons. The summed E-state index contributed by atoms with van der Waals surface area (Å²) in [6.07, 6.45) is -7.45. The van der Waals surface area contributed by atoms with E-state index in [0.717, 1.165) is 17.4 Å². The van der Waals surface area contributed by atoms with Crippen molar-refractivity contribution in [2.75, 3.05) is 18.0 Å². The first-order valence-corrected chi connectivity index (χ1v) is 9.35. The molecule has 0 atom stereocenters. The van der Waals surface area contributed by atoms with Gasteiger partial charge in [0.2, 0.25) is 5.91 Å². The second kappa shape index (κ2) is 7.21. The van der Waals surface area contributed by atoms with E-state index >= 15 is 0 Å². The Kier molecular flexibility index (Phi) is 4.90. The zero-order valence-electron chi connectivity index (χ0n) is 16.2. The van der Waals surface area contributed by atoms with E-state index < -0.39 is 29.9 Å². The van der Waals surface area contributed by atoms with Crippen molar-refractivity contribution in [3.8, 4) is 5.69 Å². The van der Waals surface area contributed by atoms with Crippen LogP contribution in [0.4, 0.5) is 32.0 Å². The van der Waals surface area contributed by atoms with E-state index in [0.29, 0.717) is 27.8 Å². The summed E-state index contributed by atoms with van der Waals surface area (Å²) in [6, 6.07) is 10.6. The Morgan fingerprint density at radius 1 is 1.00 bits per heavy atom. The molecule has 1 saturated heterocycles. The number of fused-ring (bicyclic) bond motifs is 1. The monoisotopic (exact) mass is 441 g/mol. The van der Waals surface area contributed by atoms with Gasteiger partial charge in [-0.3, -0.25) is 10.1 Å². The maximum Gasteiger partial charge on any atom is 0.484 e. The van der Waals surface area contributed by atoms with Gasteiger partial charge in [0.1, 0.15) is 0 Å². The highest BCUT2D eigenvalue weighted by molar-refractivity contribution is 5.86. The minimum Gasteiger partial charge on any atom is -0.370 e. The molecule has 2 aromatic carbocycles. The minimum absolute atomic E-state index is 0.145. The fraction of sp³-hybridized carbons (Fsp3) is 0.286. The van der Waals surface area contributed by atoms with Crippen molar-refractivity contribution in [2.45, 2.75) is 19.4 Å². The van der Waals surface area contributed by atoms with E-state index in [1.54, 1.807) is 46.9 Å². The molecule has 1 fully saturated rings. The number of aryl methyl sites for hydroxylation is 1. The molecule has 0 unspecified atom stereocenters. The van der Waals surface area contributed by atoms with Crippen LogP contribution in [0, 0.1) is 12.8 Å². The Labute approximate surface area is 173 Å². The highest BCUT2D eigenvalue weighted by Crippen LogP contribution is 2.34. The van der Waals surface area contributed by atoms with Crippen molar-refractivity contribution in [2.24, 2.45) is 5.92 Å². The molecular formula is C21H17F6N3O. The predicted molar refractivity (Wildman–Crippen MR) is 103 cm³/mol. The van der Waals surface area contributed by atoms with Gasteiger partial charge in [-0.25, -0.2) is 0 Å². The summed E-state index contributed by atoms with van der Waals surface area (Å²) in [5.41, 5.74) is 1.96. The summed E-state index contributed by atoms with van der Waals surface area (Å²) in [5, 5.41) is 1.50.